The Morgan fingerprint density at radius 3 is 3.20 bits per heavy atom. The molecule has 1 rings (SSSR count). The minimum absolute atomic E-state index is 0.440. The smallest absolute Gasteiger partial charge is 0.279 e. The third-order valence-electron chi connectivity index (χ3n) is 0.848. The molecule has 3 N–H and O–H groups in total. The average Bonchev–Trinajstić information content (AvgIpc) is 1.96. The molecule has 0 aliphatic carbocycles. The summed E-state index contributed by atoms with van der Waals surface area (Å²) in [5.41, 5.74) is 3.38. The molecule has 0 aromatic carbocycles. The number of H-pyrrole nitrogens is 1. The normalized spacial score (nSPS) is 12.0. The third-order valence-corrected chi connectivity index (χ3v) is 0.848. The molecule has 0 fully saturated rings. The van der Waals surface area contributed by atoms with E-state index in [0.717, 1.165) is 0 Å². The van der Waals surface area contributed by atoms with Gasteiger partial charge in [0.05, 0.1) is 2.74 Å². The minimum Gasteiger partial charge on any atom is -0.364 e. The molecule has 0 spiro atoms. The molecule has 0 aliphatic heterocycles. The molecule has 0 aliphatic rings. The van der Waals surface area contributed by atoms with Crippen LogP contribution in [0, 0.1) is 0 Å². The Bertz CT molecular complexity index is 387. The lowest BCUT2D eigenvalue weighted by molar-refractivity contribution is 0.0994. The standard InChI is InChI=1S/C5H5N3O2/c6-4(9)3-5(10)8-2-1-7-3/h1-2H,(H2,6,9)(H,8,10)/i1+1D,2+1D,6+1,7+1,8+1. The number of aromatic nitrogens is 2. The summed E-state index contributed by atoms with van der Waals surface area (Å²) in [5.74, 6) is -1.01. The van der Waals surface area contributed by atoms with Crippen LogP contribution in [-0.2, 0) is 0 Å². The summed E-state index contributed by atoms with van der Waals surface area (Å²) in [7, 11) is 0. The highest BCUT2D eigenvalue weighted by Gasteiger charge is 2.04. The van der Waals surface area contributed by atoms with Crippen molar-refractivity contribution in [2.45, 2.75) is 0 Å². The number of primary amides is 1. The van der Waals surface area contributed by atoms with Gasteiger partial charge in [-0.1, -0.05) is 0 Å². The molecule has 5 nitrogen and oxygen atoms in total. The van der Waals surface area contributed by atoms with E-state index in [-0.39, 0.29) is 0 Å². The Hall–Kier alpha value is -1.65. The first-order valence-electron chi connectivity index (χ1n) is 3.39. The lowest BCUT2D eigenvalue weighted by Crippen LogP contribution is -2.24. The second-order valence-corrected chi connectivity index (χ2v) is 1.52. The molecular weight excluding hydrogens is 139 g/mol. The largest absolute Gasteiger partial charge is 0.364 e. The number of carbonyl (C=O) groups is 1. The number of nitrogens with one attached hydrogen (secondary N) is 1. The van der Waals surface area contributed by atoms with Gasteiger partial charge in [-0.3, -0.25) is 9.59 Å². The van der Waals surface area contributed by atoms with E-state index in [2.05, 4.69) is 4.98 Å². The van der Waals surface area contributed by atoms with Gasteiger partial charge in [0.2, 0.25) is 0 Å². The fourth-order valence-corrected chi connectivity index (χ4v) is 0.446. The topological polar surface area (TPSA) is 88.8 Å². The zero-order valence-corrected chi connectivity index (χ0v) is 4.84. The zero-order valence-electron chi connectivity index (χ0n) is 6.84. The number of hydrogen-bond donors (Lipinski definition) is 2. The molecule has 5 heteroatoms. The quantitative estimate of drug-likeness (QED) is 0.491. The van der Waals surface area contributed by atoms with Gasteiger partial charge in [0, 0.05) is 12.3 Å². The summed E-state index contributed by atoms with van der Waals surface area (Å²) in [6.45, 7) is 0. The summed E-state index contributed by atoms with van der Waals surface area (Å²) in [6, 6.07) is 0. The molecular formula is C5H5N3O2. The first kappa shape index (κ1) is 4.21. The summed E-state index contributed by atoms with van der Waals surface area (Å²) in [5, 5.41) is 0. The first-order chi connectivity index (χ1) is 5.52. The molecule has 0 saturated carbocycles. The number of carbonyl (C=O) groups excluding carboxylic acids is 1. The SMILES string of the molecule is [2H][13c]1[15n]c(C([15NH2])=O)c(=O)[15nH][13c]1[2H]. The van der Waals surface area contributed by atoms with Crippen molar-refractivity contribution in [3.8, 4) is 0 Å². The van der Waals surface area contributed by atoms with Gasteiger partial charge in [-0.15, -0.1) is 0 Å². The van der Waals surface area contributed by atoms with Crippen LogP contribution in [0.4, 0.5) is 0 Å². The maximum absolute atomic E-state index is 10.8. The fourth-order valence-electron chi connectivity index (χ4n) is 0.446. The highest BCUT2D eigenvalue weighted by Crippen LogP contribution is 1.77. The second kappa shape index (κ2) is 2.30. The number of aromatic amines is 1. The lowest BCUT2D eigenvalue weighted by Gasteiger charge is -1.88. The molecule has 1 aromatic rings. The van der Waals surface area contributed by atoms with Crippen molar-refractivity contribution in [1.82, 2.24) is 9.97 Å². The molecule has 0 bridgehead atoms. The van der Waals surface area contributed by atoms with Crippen LogP contribution in [0.1, 0.15) is 13.2 Å². The highest BCUT2D eigenvalue weighted by molar-refractivity contribution is 5.90. The van der Waals surface area contributed by atoms with E-state index in [1.165, 1.54) is 0 Å². The predicted molar refractivity (Wildman–Crippen MR) is 33.4 cm³/mol. The molecule has 10 heavy (non-hydrogen) atoms. The fraction of sp³-hybridized carbons (Fsp3) is 0. The van der Waals surface area contributed by atoms with Gasteiger partial charge in [-0.2, -0.15) is 0 Å². The Labute approximate surface area is 58.7 Å². The summed E-state index contributed by atoms with van der Waals surface area (Å²) >= 11 is 0. The second-order valence-electron chi connectivity index (χ2n) is 1.52. The summed E-state index contributed by atoms with van der Waals surface area (Å²) in [4.78, 5) is 26.5. The van der Waals surface area contributed by atoms with Crippen molar-refractivity contribution in [2.75, 3.05) is 0 Å². The van der Waals surface area contributed by atoms with E-state index in [1.807, 2.05) is 4.98 Å². The predicted octanol–water partition coefficient (Wildman–Crippen LogP) is -1.13. The maximum atomic E-state index is 10.8. The minimum atomic E-state index is -1.01. The molecule has 0 radical (unpaired) electrons. The molecule has 0 atom stereocenters. The van der Waals surface area contributed by atoms with Crippen LogP contribution in [0.2, 0.25) is 0 Å². The van der Waals surface area contributed by atoms with Crippen LogP contribution >= 0.6 is 0 Å². The average molecular weight is 146 g/mol. The van der Waals surface area contributed by atoms with Crippen molar-refractivity contribution in [2.24, 2.45) is 5.73 Å². The Balaban J connectivity index is 3.43. The van der Waals surface area contributed by atoms with E-state index in [4.69, 9.17) is 8.48 Å². The highest BCUT2D eigenvalue weighted by atomic mass is 16.2. The van der Waals surface area contributed by atoms with E-state index in [1.54, 1.807) is 0 Å². The van der Waals surface area contributed by atoms with Crippen LogP contribution in [-0.4, -0.2) is 15.9 Å². The van der Waals surface area contributed by atoms with E-state index >= 15 is 0 Å². The lowest BCUT2D eigenvalue weighted by atomic mass is 10.5. The van der Waals surface area contributed by atoms with Crippen LogP contribution < -0.4 is 11.3 Å². The van der Waals surface area contributed by atoms with E-state index in [9.17, 15) is 9.59 Å². The van der Waals surface area contributed by atoms with Crippen LogP contribution in [0.3, 0.4) is 0 Å². The van der Waals surface area contributed by atoms with E-state index in [0.29, 0.717) is 0 Å². The monoisotopic (exact) mass is 146 g/mol. The van der Waals surface area contributed by atoms with Crippen molar-refractivity contribution in [3.05, 3.63) is 28.4 Å². The van der Waals surface area contributed by atoms with Crippen molar-refractivity contribution in [1.29, 1.82) is 0 Å². The van der Waals surface area contributed by atoms with Crippen LogP contribution in [0.15, 0.2) is 17.1 Å². The molecule has 0 unspecified atom stereocenters. The van der Waals surface area contributed by atoms with Gasteiger partial charge in [-0.05, 0) is 0 Å². The van der Waals surface area contributed by atoms with Gasteiger partial charge in [0.25, 0.3) is 11.5 Å². The van der Waals surface area contributed by atoms with E-state index < -0.39 is 29.5 Å². The number of amides is 1. The molecule has 0 saturated heterocycles. The number of nitrogens with zero attached hydrogens (tertiary/aromatic N) is 1. The van der Waals surface area contributed by atoms with Crippen molar-refractivity contribution in [3.63, 3.8) is 0 Å². The number of nitrogens with two attached hydrogens (primary N) is 1. The third kappa shape index (κ3) is 1.02. The molecule has 52 valence electrons. The molecule has 1 amide bonds. The number of rotatable bonds is 1. The van der Waals surface area contributed by atoms with Gasteiger partial charge < -0.3 is 10.7 Å². The van der Waals surface area contributed by atoms with Crippen LogP contribution in [0.5, 0.6) is 0 Å². The van der Waals surface area contributed by atoms with Gasteiger partial charge in [-0.25, -0.2) is 4.98 Å². The summed E-state index contributed by atoms with van der Waals surface area (Å²) < 4.78 is 13.9. The molecule has 1 heterocycles. The maximum Gasteiger partial charge on any atom is 0.279 e. The van der Waals surface area contributed by atoms with Crippen molar-refractivity contribution < 1.29 is 7.54 Å². The Morgan fingerprint density at radius 1 is 1.90 bits per heavy atom. The van der Waals surface area contributed by atoms with Crippen molar-refractivity contribution >= 4 is 5.91 Å². The first-order valence-corrected chi connectivity index (χ1v) is 2.39. The van der Waals surface area contributed by atoms with Crippen LogP contribution in [0.25, 0.3) is 0 Å². The van der Waals surface area contributed by atoms with Gasteiger partial charge in [0.15, 0.2) is 5.69 Å². The number of hydrogen-bond acceptors (Lipinski definition) is 3. The Kier molecular flexibility index (Phi) is 0.969. The zero-order chi connectivity index (χ0) is 9.30. The molecule has 1 aromatic heterocycles. The summed E-state index contributed by atoms with van der Waals surface area (Å²) in [6.07, 6.45) is -0.923. The van der Waals surface area contributed by atoms with Gasteiger partial charge in [0.1, 0.15) is 0 Å². The van der Waals surface area contributed by atoms with Gasteiger partial charge >= 0.3 is 0 Å². The Morgan fingerprint density at radius 2 is 2.60 bits per heavy atom.